The molecular formula is C13H15N3O3. The van der Waals surface area contributed by atoms with Crippen molar-refractivity contribution >= 4 is 22.8 Å². The molecule has 1 heterocycles. The number of para-hydroxylation sites is 1. The van der Waals surface area contributed by atoms with Crippen molar-refractivity contribution in [2.24, 2.45) is 5.41 Å². The summed E-state index contributed by atoms with van der Waals surface area (Å²) < 4.78 is 0. The van der Waals surface area contributed by atoms with Crippen molar-refractivity contribution in [2.45, 2.75) is 13.8 Å². The number of aliphatic carboxylic acids is 1. The molecule has 1 aromatic heterocycles. The van der Waals surface area contributed by atoms with Gasteiger partial charge >= 0.3 is 5.97 Å². The first kappa shape index (κ1) is 13.1. The smallest absolute Gasteiger partial charge is 0.310 e. The summed E-state index contributed by atoms with van der Waals surface area (Å²) in [6.07, 6.45) is 0. The van der Waals surface area contributed by atoms with Crippen molar-refractivity contribution in [3.63, 3.8) is 0 Å². The Balaban J connectivity index is 2.15. The number of benzene rings is 1. The SMILES string of the molecule is CC(C)(CNC(=O)c1n[nH]c2ccccc12)C(=O)O. The van der Waals surface area contributed by atoms with E-state index in [1.54, 1.807) is 19.9 Å². The molecule has 0 saturated carbocycles. The lowest BCUT2D eigenvalue weighted by Gasteiger charge is -2.18. The zero-order valence-electron chi connectivity index (χ0n) is 10.7. The molecule has 0 aliphatic rings. The number of aromatic nitrogens is 2. The van der Waals surface area contributed by atoms with Crippen LogP contribution in [0.2, 0.25) is 0 Å². The van der Waals surface area contributed by atoms with Crippen molar-refractivity contribution < 1.29 is 14.7 Å². The van der Waals surface area contributed by atoms with Crippen LogP contribution in [0.1, 0.15) is 24.3 Å². The van der Waals surface area contributed by atoms with E-state index in [0.29, 0.717) is 5.39 Å². The van der Waals surface area contributed by atoms with Gasteiger partial charge in [-0.15, -0.1) is 0 Å². The molecule has 6 heteroatoms. The van der Waals surface area contributed by atoms with Gasteiger partial charge in [0.25, 0.3) is 5.91 Å². The zero-order chi connectivity index (χ0) is 14.0. The van der Waals surface area contributed by atoms with Crippen molar-refractivity contribution in [1.29, 1.82) is 0 Å². The molecule has 0 radical (unpaired) electrons. The highest BCUT2D eigenvalue weighted by atomic mass is 16.4. The molecule has 6 nitrogen and oxygen atoms in total. The van der Waals surface area contributed by atoms with Crippen molar-refractivity contribution in [1.82, 2.24) is 15.5 Å². The molecule has 2 rings (SSSR count). The van der Waals surface area contributed by atoms with Crippen LogP contribution in [-0.4, -0.2) is 33.7 Å². The normalized spacial score (nSPS) is 11.5. The summed E-state index contributed by atoms with van der Waals surface area (Å²) >= 11 is 0. The number of fused-ring (bicyclic) bond motifs is 1. The predicted molar refractivity (Wildman–Crippen MR) is 69.8 cm³/mol. The molecule has 2 aromatic rings. The van der Waals surface area contributed by atoms with Crippen LogP contribution < -0.4 is 5.32 Å². The largest absolute Gasteiger partial charge is 0.481 e. The molecule has 0 unspecified atom stereocenters. The van der Waals surface area contributed by atoms with E-state index in [1.165, 1.54) is 0 Å². The minimum Gasteiger partial charge on any atom is -0.481 e. The Bertz CT molecular complexity index is 631. The number of aromatic amines is 1. The summed E-state index contributed by atoms with van der Waals surface area (Å²) in [5.41, 5.74) is 0.0313. The standard InChI is InChI=1S/C13H15N3O3/c1-13(2,12(18)19)7-14-11(17)10-8-5-3-4-6-9(8)15-16-10/h3-6H,7H2,1-2H3,(H,14,17)(H,15,16)(H,18,19). The van der Waals surface area contributed by atoms with Gasteiger partial charge < -0.3 is 10.4 Å². The van der Waals surface area contributed by atoms with Gasteiger partial charge in [-0.3, -0.25) is 14.7 Å². The number of nitrogens with zero attached hydrogens (tertiary/aromatic N) is 1. The van der Waals surface area contributed by atoms with Gasteiger partial charge in [0.1, 0.15) is 0 Å². The van der Waals surface area contributed by atoms with Gasteiger partial charge in [0.2, 0.25) is 0 Å². The summed E-state index contributed by atoms with van der Waals surface area (Å²) in [5.74, 6) is -1.34. The molecule has 1 aromatic carbocycles. The van der Waals surface area contributed by atoms with E-state index in [1.807, 2.05) is 18.2 Å². The number of nitrogens with one attached hydrogen (secondary N) is 2. The first-order valence-corrected chi connectivity index (χ1v) is 5.86. The van der Waals surface area contributed by atoms with Gasteiger partial charge in [-0.25, -0.2) is 0 Å². The number of hydrogen-bond acceptors (Lipinski definition) is 3. The van der Waals surface area contributed by atoms with Gasteiger partial charge in [-0.1, -0.05) is 18.2 Å². The fourth-order valence-corrected chi connectivity index (χ4v) is 1.60. The summed E-state index contributed by atoms with van der Waals surface area (Å²) in [6.45, 7) is 3.15. The van der Waals surface area contributed by atoms with Crippen molar-refractivity contribution in [3.8, 4) is 0 Å². The Morgan fingerprint density at radius 2 is 2.05 bits per heavy atom. The maximum atomic E-state index is 12.0. The Morgan fingerprint density at radius 3 is 2.74 bits per heavy atom. The molecule has 3 N–H and O–H groups in total. The quantitative estimate of drug-likeness (QED) is 0.775. The zero-order valence-corrected chi connectivity index (χ0v) is 10.7. The van der Waals surface area contributed by atoms with Crippen molar-refractivity contribution in [3.05, 3.63) is 30.0 Å². The van der Waals surface area contributed by atoms with Crippen LogP contribution in [0, 0.1) is 5.41 Å². The summed E-state index contributed by atoms with van der Waals surface area (Å²) in [5, 5.41) is 19.0. The van der Waals surface area contributed by atoms with Crippen LogP contribution >= 0.6 is 0 Å². The van der Waals surface area contributed by atoms with Gasteiger partial charge in [0, 0.05) is 11.9 Å². The second kappa shape index (κ2) is 4.72. The number of carbonyl (C=O) groups is 2. The summed E-state index contributed by atoms with van der Waals surface area (Å²) in [7, 11) is 0. The lowest BCUT2D eigenvalue weighted by atomic mass is 9.94. The first-order chi connectivity index (χ1) is 8.92. The molecule has 0 spiro atoms. The molecule has 19 heavy (non-hydrogen) atoms. The van der Waals surface area contributed by atoms with Crippen LogP contribution in [-0.2, 0) is 4.79 Å². The number of rotatable bonds is 4. The van der Waals surface area contributed by atoms with Crippen LogP contribution in [0.15, 0.2) is 24.3 Å². The second-order valence-corrected chi connectivity index (χ2v) is 4.99. The summed E-state index contributed by atoms with van der Waals surface area (Å²) in [6, 6.07) is 7.27. The van der Waals surface area contributed by atoms with Crippen LogP contribution in [0.25, 0.3) is 10.9 Å². The van der Waals surface area contributed by atoms with Crippen LogP contribution in [0.4, 0.5) is 0 Å². The highest BCUT2D eigenvalue weighted by Gasteiger charge is 2.28. The highest BCUT2D eigenvalue weighted by molar-refractivity contribution is 6.04. The molecular weight excluding hydrogens is 246 g/mol. The number of amides is 1. The van der Waals surface area contributed by atoms with Gasteiger partial charge in [0.05, 0.1) is 10.9 Å². The molecule has 1 amide bonds. The van der Waals surface area contributed by atoms with E-state index >= 15 is 0 Å². The number of carboxylic acids is 1. The van der Waals surface area contributed by atoms with Gasteiger partial charge in [0.15, 0.2) is 5.69 Å². The third kappa shape index (κ3) is 2.57. The molecule has 0 fully saturated rings. The fourth-order valence-electron chi connectivity index (χ4n) is 1.60. The second-order valence-electron chi connectivity index (χ2n) is 4.99. The molecule has 100 valence electrons. The molecule has 0 aliphatic carbocycles. The third-order valence-corrected chi connectivity index (χ3v) is 2.96. The number of carboxylic acid groups (broad SMARTS) is 1. The monoisotopic (exact) mass is 261 g/mol. The molecule has 0 saturated heterocycles. The molecule has 0 atom stereocenters. The minimum absolute atomic E-state index is 0.0440. The first-order valence-electron chi connectivity index (χ1n) is 5.86. The Kier molecular flexibility index (Phi) is 3.25. The molecule has 0 aliphatic heterocycles. The number of carbonyl (C=O) groups excluding carboxylic acids is 1. The van der Waals surface area contributed by atoms with Gasteiger partial charge in [-0.05, 0) is 19.9 Å². The minimum atomic E-state index is -1.01. The Hall–Kier alpha value is -2.37. The summed E-state index contributed by atoms with van der Waals surface area (Å²) in [4.78, 5) is 23.0. The van der Waals surface area contributed by atoms with Crippen molar-refractivity contribution in [2.75, 3.05) is 6.54 Å². The fraction of sp³-hybridized carbons (Fsp3) is 0.308. The molecule has 0 bridgehead atoms. The Labute approximate surface area is 109 Å². The van der Waals surface area contributed by atoms with E-state index < -0.39 is 11.4 Å². The Morgan fingerprint density at radius 1 is 1.37 bits per heavy atom. The van der Waals surface area contributed by atoms with Gasteiger partial charge in [-0.2, -0.15) is 5.10 Å². The third-order valence-electron chi connectivity index (χ3n) is 2.96. The topological polar surface area (TPSA) is 95.1 Å². The van der Waals surface area contributed by atoms with E-state index in [9.17, 15) is 9.59 Å². The number of hydrogen-bond donors (Lipinski definition) is 3. The van der Waals surface area contributed by atoms with Crippen LogP contribution in [0.3, 0.4) is 0 Å². The van der Waals surface area contributed by atoms with E-state index in [2.05, 4.69) is 15.5 Å². The maximum Gasteiger partial charge on any atom is 0.310 e. The average molecular weight is 261 g/mol. The predicted octanol–water partition coefficient (Wildman–Crippen LogP) is 1.40. The average Bonchev–Trinajstić information content (AvgIpc) is 2.79. The highest BCUT2D eigenvalue weighted by Crippen LogP contribution is 2.16. The lowest BCUT2D eigenvalue weighted by molar-refractivity contribution is -0.146. The number of H-pyrrole nitrogens is 1. The van der Waals surface area contributed by atoms with E-state index in [0.717, 1.165) is 5.52 Å². The lowest BCUT2D eigenvalue weighted by Crippen LogP contribution is -2.39. The maximum absolute atomic E-state index is 12.0. The van der Waals surface area contributed by atoms with E-state index in [-0.39, 0.29) is 18.1 Å². The van der Waals surface area contributed by atoms with Crippen LogP contribution in [0.5, 0.6) is 0 Å². The van der Waals surface area contributed by atoms with E-state index in [4.69, 9.17) is 5.11 Å².